The van der Waals surface area contributed by atoms with E-state index in [9.17, 15) is 26.8 Å². The van der Waals surface area contributed by atoms with E-state index in [0.29, 0.717) is 19.0 Å². The van der Waals surface area contributed by atoms with Crippen LogP contribution < -0.4 is 0 Å². The van der Waals surface area contributed by atoms with Crippen molar-refractivity contribution < 1.29 is 26.8 Å². The lowest BCUT2D eigenvalue weighted by molar-refractivity contribution is 0.0689. The number of halogens is 2. The molecule has 0 N–H and O–H groups in total. The van der Waals surface area contributed by atoms with E-state index in [4.69, 9.17) is 0 Å². The summed E-state index contributed by atoms with van der Waals surface area (Å²) in [6.07, 6.45) is 1.67. The Bertz CT molecular complexity index is 1190. The van der Waals surface area contributed by atoms with E-state index in [0.717, 1.165) is 25.0 Å². The van der Waals surface area contributed by atoms with Crippen LogP contribution in [0.4, 0.5) is 8.78 Å². The number of piperidine rings is 1. The summed E-state index contributed by atoms with van der Waals surface area (Å²) >= 11 is 0. The van der Waals surface area contributed by atoms with E-state index in [1.165, 1.54) is 31.7 Å². The predicted molar refractivity (Wildman–Crippen MR) is 123 cm³/mol. The van der Waals surface area contributed by atoms with Crippen molar-refractivity contribution in [1.82, 2.24) is 13.5 Å². The summed E-state index contributed by atoms with van der Waals surface area (Å²) in [7, 11) is -3.58. The second kappa shape index (κ2) is 9.89. The fraction of sp³-hybridized carbons (Fsp3) is 0.417. The molecule has 182 valence electrons. The van der Waals surface area contributed by atoms with Crippen molar-refractivity contribution >= 4 is 21.9 Å². The predicted octanol–water partition coefficient (Wildman–Crippen LogP) is 2.93. The molecular formula is C24H27F2N3O4S. The summed E-state index contributed by atoms with van der Waals surface area (Å²) in [6.45, 7) is 3.83. The third-order valence-corrected chi connectivity index (χ3v) is 8.54. The molecule has 34 heavy (non-hydrogen) atoms. The first-order chi connectivity index (χ1) is 16.2. The Hall–Kier alpha value is -2.69. The number of hydrogen-bond acceptors (Lipinski definition) is 4. The van der Waals surface area contributed by atoms with Crippen molar-refractivity contribution in [2.24, 2.45) is 5.92 Å². The van der Waals surface area contributed by atoms with E-state index in [1.807, 2.05) is 0 Å². The first kappa shape index (κ1) is 24.4. The quantitative estimate of drug-likeness (QED) is 0.603. The maximum atomic E-state index is 13.6. The Morgan fingerprint density at radius 2 is 1.41 bits per heavy atom. The molecule has 0 atom stereocenters. The molecule has 0 aromatic heterocycles. The first-order valence-corrected chi connectivity index (χ1v) is 12.7. The normalized spacial score (nSPS) is 18.7. The van der Waals surface area contributed by atoms with Crippen LogP contribution in [0.3, 0.4) is 0 Å². The maximum absolute atomic E-state index is 13.6. The van der Waals surface area contributed by atoms with Gasteiger partial charge in [-0.15, -0.1) is 0 Å². The lowest BCUT2D eigenvalue weighted by Gasteiger charge is -2.38. The van der Waals surface area contributed by atoms with E-state index in [1.54, 1.807) is 12.1 Å². The van der Waals surface area contributed by atoms with Gasteiger partial charge >= 0.3 is 0 Å². The van der Waals surface area contributed by atoms with Gasteiger partial charge in [-0.25, -0.2) is 8.78 Å². The Morgan fingerprint density at radius 1 is 0.824 bits per heavy atom. The summed E-state index contributed by atoms with van der Waals surface area (Å²) < 4.78 is 55.8. The number of carbonyl (C=O) groups excluding carboxylic acids is 2. The number of rotatable bonds is 5. The van der Waals surface area contributed by atoms with Crippen LogP contribution in [-0.2, 0) is 10.2 Å². The van der Waals surface area contributed by atoms with Crippen molar-refractivity contribution in [3.8, 4) is 0 Å². The number of piperazine rings is 1. The minimum atomic E-state index is -3.58. The van der Waals surface area contributed by atoms with Gasteiger partial charge < -0.3 is 4.90 Å². The minimum Gasteiger partial charge on any atom is -0.336 e. The van der Waals surface area contributed by atoms with Crippen LogP contribution >= 0.6 is 0 Å². The first-order valence-electron chi connectivity index (χ1n) is 11.3. The number of benzene rings is 2. The molecule has 1 amide bonds. The number of carbonyl (C=O) groups is 2. The monoisotopic (exact) mass is 491 g/mol. The minimum absolute atomic E-state index is 0.0640. The maximum Gasteiger partial charge on any atom is 0.282 e. The molecular weight excluding hydrogens is 464 g/mol. The molecule has 4 rings (SSSR count). The average molecular weight is 492 g/mol. The third-order valence-electron chi connectivity index (χ3n) is 6.50. The van der Waals surface area contributed by atoms with Gasteiger partial charge in [0.05, 0.1) is 5.56 Å². The highest BCUT2D eigenvalue weighted by atomic mass is 32.2. The molecule has 2 aliphatic rings. The van der Waals surface area contributed by atoms with Gasteiger partial charge in [-0.2, -0.15) is 17.0 Å². The van der Waals surface area contributed by atoms with Crippen molar-refractivity contribution in [2.45, 2.75) is 19.8 Å². The van der Waals surface area contributed by atoms with Crippen LogP contribution in [0.2, 0.25) is 0 Å². The molecule has 0 bridgehead atoms. The Kier molecular flexibility index (Phi) is 7.11. The fourth-order valence-corrected chi connectivity index (χ4v) is 5.96. The van der Waals surface area contributed by atoms with Crippen molar-refractivity contribution in [2.75, 3.05) is 39.3 Å². The Morgan fingerprint density at radius 3 is 2.03 bits per heavy atom. The Labute approximate surface area is 198 Å². The highest BCUT2D eigenvalue weighted by Crippen LogP contribution is 2.23. The van der Waals surface area contributed by atoms with Gasteiger partial charge in [-0.3, -0.25) is 9.59 Å². The number of amides is 1. The van der Waals surface area contributed by atoms with Crippen molar-refractivity contribution in [1.29, 1.82) is 0 Å². The van der Waals surface area contributed by atoms with Crippen LogP contribution in [0, 0.1) is 17.6 Å². The van der Waals surface area contributed by atoms with E-state index in [-0.39, 0.29) is 42.9 Å². The second-order valence-electron chi connectivity index (χ2n) is 8.78. The van der Waals surface area contributed by atoms with Crippen LogP contribution in [0.5, 0.6) is 0 Å². The van der Waals surface area contributed by atoms with Gasteiger partial charge in [-0.1, -0.05) is 25.1 Å². The molecule has 0 unspecified atom stereocenters. The smallest absolute Gasteiger partial charge is 0.282 e. The number of hydrogen-bond donors (Lipinski definition) is 0. The second-order valence-corrected chi connectivity index (χ2v) is 10.7. The lowest BCUT2D eigenvalue weighted by Crippen LogP contribution is -2.55. The van der Waals surface area contributed by atoms with Crippen LogP contribution in [0.25, 0.3) is 0 Å². The molecule has 2 heterocycles. The van der Waals surface area contributed by atoms with Gasteiger partial charge in [0.2, 0.25) is 0 Å². The van der Waals surface area contributed by atoms with Crippen LogP contribution in [0.15, 0.2) is 42.5 Å². The number of nitrogens with zero attached hydrogens (tertiary/aromatic N) is 3. The molecule has 7 nitrogen and oxygen atoms in total. The highest BCUT2D eigenvalue weighted by Gasteiger charge is 2.35. The SMILES string of the molecule is CC1CCN(S(=O)(=O)N2CCN(C(=O)c3ccccc3C(=O)c3ccc(F)c(F)c3)CC2)CC1. The molecule has 0 spiro atoms. The summed E-state index contributed by atoms with van der Waals surface area (Å²) in [6, 6.07) is 9.04. The molecule has 0 aliphatic carbocycles. The van der Waals surface area contributed by atoms with Gasteiger partial charge in [0.25, 0.3) is 16.1 Å². The van der Waals surface area contributed by atoms with Gasteiger partial charge in [0, 0.05) is 50.4 Å². The molecule has 2 aromatic rings. The third kappa shape index (κ3) is 4.89. The van der Waals surface area contributed by atoms with Crippen LogP contribution in [0.1, 0.15) is 46.0 Å². The zero-order valence-electron chi connectivity index (χ0n) is 18.9. The van der Waals surface area contributed by atoms with Gasteiger partial charge in [-0.05, 0) is 43.0 Å². The highest BCUT2D eigenvalue weighted by molar-refractivity contribution is 7.86. The standard InChI is InChI=1S/C24H27F2N3O4S/c1-17-8-10-28(11-9-17)34(32,33)29-14-12-27(13-15-29)24(31)20-5-3-2-4-19(20)23(30)18-6-7-21(25)22(26)16-18/h2-7,16-17H,8-15H2,1H3. The van der Waals surface area contributed by atoms with E-state index in [2.05, 4.69) is 6.92 Å². The topological polar surface area (TPSA) is 78.0 Å². The average Bonchev–Trinajstić information content (AvgIpc) is 2.85. The zero-order valence-corrected chi connectivity index (χ0v) is 19.7. The summed E-state index contributed by atoms with van der Waals surface area (Å²) in [5.74, 6) is -2.70. The van der Waals surface area contributed by atoms with Crippen molar-refractivity contribution in [3.63, 3.8) is 0 Å². The molecule has 2 saturated heterocycles. The molecule has 0 radical (unpaired) electrons. The summed E-state index contributed by atoms with van der Waals surface area (Å²) in [5, 5.41) is 0. The van der Waals surface area contributed by atoms with E-state index < -0.39 is 33.5 Å². The molecule has 2 aliphatic heterocycles. The summed E-state index contributed by atoms with van der Waals surface area (Å²) in [5.41, 5.74) is 0.153. The van der Waals surface area contributed by atoms with Gasteiger partial charge in [0.1, 0.15) is 0 Å². The summed E-state index contributed by atoms with van der Waals surface area (Å²) in [4.78, 5) is 27.7. The zero-order chi connectivity index (χ0) is 24.5. The molecule has 2 fully saturated rings. The van der Waals surface area contributed by atoms with Gasteiger partial charge in [0.15, 0.2) is 17.4 Å². The van der Waals surface area contributed by atoms with Crippen LogP contribution in [-0.4, -0.2) is 72.9 Å². The fourth-order valence-electron chi connectivity index (χ4n) is 4.33. The van der Waals surface area contributed by atoms with Crippen molar-refractivity contribution in [3.05, 3.63) is 70.8 Å². The Balaban J connectivity index is 1.47. The van der Waals surface area contributed by atoms with E-state index >= 15 is 0 Å². The number of ketones is 1. The molecule has 0 saturated carbocycles. The molecule has 2 aromatic carbocycles. The molecule has 10 heteroatoms. The largest absolute Gasteiger partial charge is 0.336 e. The lowest BCUT2D eigenvalue weighted by atomic mass is 9.97.